The van der Waals surface area contributed by atoms with E-state index in [1.165, 1.54) is 32.5 Å². The van der Waals surface area contributed by atoms with E-state index in [1.807, 2.05) is 0 Å². The molecule has 1 nitrogen and oxygen atoms in total. The van der Waals surface area contributed by atoms with Gasteiger partial charge in [-0.15, -0.1) is 0 Å². The van der Waals surface area contributed by atoms with Gasteiger partial charge < -0.3 is 4.90 Å². The molecule has 0 radical (unpaired) electrons. The van der Waals surface area contributed by atoms with Crippen LogP contribution >= 0.6 is 0 Å². The van der Waals surface area contributed by atoms with Crippen molar-refractivity contribution in [2.75, 3.05) is 19.6 Å². The monoisotopic (exact) mass is 169 g/mol. The maximum absolute atomic E-state index is 2.52. The van der Waals surface area contributed by atoms with Gasteiger partial charge in [0.05, 0.1) is 0 Å². The Morgan fingerprint density at radius 2 is 1.83 bits per heavy atom. The molecule has 0 aliphatic carbocycles. The van der Waals surface area contributed by atoms with Gasteiger partial charge in [-0.3, -0.25) is 0 Å². The van der Waals surface area contributed by atoms with Crippen LogP contribution in [0.4, 0.5) is 0 Å². The van der Waals surface area contributed by atoms with Gasteiger partial charge in [-0.25, -0.2) is 0 Å². The zero-order chi connectivity index (χ0) is 9.19. The summed E-state index contributed by atoms with van der Waals surface area (Å²) in [6.45, 7) is 13.2. The highest BCUT2D eigenvalue weighted by atomic mass is 15.2. The predicted octanol–water partition coefficient (Wildman–Crippen LogP) is 2.76. The van der Waals surface area contributed by atoms with Crippen molar-refractivity contribution in [2.45, 2.75) is 40.5 Å². The molecule has 0 saturated carbocycles. The fraction of sp³-hybridized carbons (Fsp3) is 1.00. The molecule has 72 valence electrons. The standard InChI is InChI=1S/C11H23N/c1-5-12-8-10(9-12)6-7-11(2,3)4/h10H,5-9H2,1-4H3. The van der Waals surface area contributed by atoms with Crippen molar-refractivity contribution < 1.29 is 0 Å². The van der Waals surface area contributed by atoms with E-state index in [0.29, 0.717) is 5.41 Å². The van der Waals surface area contributed by atoms with Gasteiger partial charge >= 0.3 is 0 Å². The van der Waals surface area contributed by atoms with Crippen LogP contribution in [0.5, 0.6) is 0 Å². The lowest BCUT2D eigenvalue weighted by atomic mass is 9.84. The van der Waals surface area contributed by atoms with E-state index in [-0.39, 0.29) is 0 Å². The van der Waals surface area contributed by atoms with Gasteiger partial charge in [0.2, 0.25) is 0 Å². The summed E-state index contributed by atoms with van der Waals surface area (Å²) in [5, 5.41) is 0. The number of hydrogen-bond acceptors (Lipinski definition) is 1. The second-order valence-corrected chi connectivity index (χ2v) is 5.32. The van der Waals surface area contributed by atoms with Gasteiger partial charge in [0, 0.05) is 13.1 Å². The summed E-state index contributed by atoms with van der Waals surface area (Å²) in [7, 11) is 0. The van der Waals surface area contributed by atoms with E-state index >= 15 is 0 Å². The summed E-state index contributed by atoms with van der Waals surface area (Å²) >= 11 is 0. The molecular weight excluding hydrogens is 146 g/mol. The third kappa shape index (κ3) is 3.14. The van der Waals surface area contributed by atoms with Gasteiger partial charge in [0.1, 0.15) is 0 Å². The Morgan fingerprint density at radius 3 is 2.25 bits per heavy atom. The maximum atomic E-state index is 2.52. The van der Waals surface area contributed by atoms with Crippen LogP contribution in [-0.4, -0.2) is 24.5 Å². The Bertz CT molecular complexity index is 128. The SMILES string of the molecule is CCN1CC(CCC(C)(C)C)C1. The van der Waals surface area contributed by atoms with Gasteiger partial charge in [0.15, 0.2) is 0 Å². The van der Waals surface area contributed by atoms with Crippen molar-refractivity contribution >= 4 is 0 Å². The Hall–Kier alpha value is -0.0400. The van der Waals surface area contributed by atoms with Crippen LogP contribution in [0, 0.1) is 11.3 Å². The van der Waals surface area contributed by atoms with E-state index in [4.69, 9.17) is 0 Å². The smallest absolute Gasteiger partial charge is 0.00219 e. The van der Waals surface area contributed by atoms with Crippen molar-refractivity contribution in [3.63, 3.8) is 0 Å². The molecule has 0 spiro atoms. The number of hydrogen-bond donors (Lipinski definition) is 0. The van der Waals surface area contributed by atoms with E-state index < -0.39 is 0 Å². The van der Waals surface area contributed by atoms with Crippen LogP contribution in [0.25, 0.3) is 0 Å². The molecule has 0 N–H and O–H groups in total. The fourth-order valence-electron chi connectivity index (χ4n) is 1.75. The lowest BCUT2D eigenvalue weighted by Gasteiger charge is -2.39. The Balaban J connectivity index is 2.04. The molecule has 0 aromatic rings. The highest BCUT2D eigenvalue weighted by Gasteiger charge is 2.25. The molecule has 0 atom stereocenters. The zero-order valence-electron chi connectivity index (χ0n) is 9.06. The normalized spacial score (nSPS) is 21.0. The van der Waals surface area contributed by atoms with Crippen molar-refractivity contribution in [3.8, 4) is 0 Å². The molecule has 1 aliphatic rings. The average Bonchev–Trinajstić information content (AvgIpc) is 1.82. The summed E-state index contributed by atoms with van der Waals surface area (Å²) in [6, 6.07) is 0. The molecule has 0 aromatic heterocycles. The van der Waals surface area contributed by atoms with Gasteiger partial charge in [-0.05, 0) is 30.7 Å². The van der Waals surface area contributed by atoms with Crippen LogP contribution in [-0.2, 0) is 0 Å². The van der Waals surface area contributed by atoms with Crippen molar-refractivity contribution in [1.29, 1.82) is 0 Å². The van der Waals surface area contributed by atoms with Gasteiger partial charge in [-0.2, -0.15) is 0 Å². The number of likely N-dealkylation sites (tertiary alicyclic amines) is 1. The lowest BCUT2D eigenvalue weighted by Crippen LogP contribution is -2.46. The van der Waals surface area contributed by atoms with E-state index in [1.54, 1.807) is 0 Å². The molecule has 0 bridgehead atoms. The molecule has 0 unspecified atom stereocenters. The second kappa shape index (κ2) is 3.78. The average molecular weight is 169 g/mol. The number of rotatable bonds is 3. The third-order valence-electron chi connectivity index (χ3n) is 2.78. The molecule has 1 heterocycles. The second-order valence-electron chi connectivity index (χ2n) is 5.32. The minimum Gasteiger partial charge on any atom is -0.303 e. The molecule has 0 amide bonds. The molecule has 0 aromatic carbocycles. The maximum Gasteiger partial charge on any atom is 0.00219 e. The van der Waals surface area contributed by atoms with E-state index in [9.17, 15) is 0 Å². The molecule has 12 heavy (non-hydrogen) atoms. The summed E-state index contributed by atoms with van der Waals surface area (Å²) in [5.41, 5.74) is 0.534. The Kier molecular flexibility index (Phi) is 3.16. The summed E-state index contributed by atoms with van der Waals surface area (Å²) in [4.78, 5) is 2.52. The third-order valence-corrected chi connectivity index (χ3v) is 2.78. The first kappa shape index (κ1) is 10.0. The van der Waals surface area contributed by atoms with Crippen molar-refractivity contribution in [1.82, 2.24) is 4.90 Å². The quantitative estimate of drug-likeness (QED) is 0.628. The lowest BCUT2D eigenvalue weighted by molar-refractivity contribution is 0.0913. The Labute approximate surface area is 77.1 Å². The largest absolute Gasteiger partial charge is 0.303 e. The van der Waals surface area contributed by atoms with Crippen LogP contribution < -0.4 is 0 Å². The first-order chi connectivity index (χ1) is 5.51. The highest BCUT2D eigenvalue weighted by molar-refractivity contribution is 4.79. The van der Waals surface area contributed by atoms with Crippen LogP contribution in [0.3, 0.4) is 0 Å². The summed E-state index contributed by atoms with van der Waals surface area (Å²) in [6.07, 6.45) is 2.81. The fourth-order valence-corrected chi connectivity index (χ4v) is 1.75. The van der Waals surface area contributed by atoms with Crippen LogP contribution in [0.1, 0.15) is 40.5 Å². The van der Waals surface area contributed by atoms with Gasteiger partial charge in [-0.1, -0.05) is 27.7 Å². The first-order valence-corrected chi connectivity index (χ1v) is 5.23. The van der Waals surface area contributed by atoms with Crippen LogP contribution in [0.15, 0.2) is 0 Å². The highest BCUT2D eigenvalue weighted by Crippen LogP contribution is 2.27. The molecule has 1 saturated heterocycles. The number of nitrogens with zero attached hydrogens (tertiary/aromatic N) is 1. The van der Waals surface area contributed by atoms with Crippen molar-refractivity contribution in [2.24, 2.45) is 11.3 Å². The minimum absolute atomic E-state index is 0.534. The predicted molar refractivity (Wildman–Crippen MR) is 54.3 cm³/mol. The Morgan fingerprint density at radius 1 is 1.25 bits per heavy atom. The zero-order valence-corrected chi connectivity index (χ0v) is 9.06. The van der Waals surface area contributed by atoms with Crippen LogP contribution in [0.2, 0.25) is 0 Å². The molecule has 1 aliphatic heterocycles. The van der Waals surface area contributed by atoms with Gasteiger partial charge in [0.25, 0.3) is 0 Å². The van der Waals surface area contributed by atoms with Crippen molar-refractivity contribution in [3.05, 3.63) is 0 Å². The molecular formula is C11H23N. The van der Waals surface area contributed by atoms with E-state index in [0.717, 1.165) is 5.92 Å². The molecule has 1 rings (SSSR count). The summed E-state index contributed by atoms with van der Waals surface area (Å²) < 4.78 is 0. The van der Waals surface area contributed by atoms with E-state index in [2.05, 4.69) is 32.6 Å². The molecule has 1 heteroatoms. The topological polar surface area (TPSA) is 3.24 Å². The minimum atomic E-state index is 0.534. The summed E-state index contributed by atoms with van der Waals surface area (Å²) in [5.74, 6) is 1.00. The molecule has 1 fully saturated rings. The first-order valence-electron chi connectivity index (χ1n) is 5.23.